The van der Waals surface area contributed by atoms with Crippen molar-refractivity contribution in [1.29, 1.82) is 0 Å². The minimum Gasteiger partial charge on any atom is -0.497 e. The van der Waals surface area contributed by atoms with Gasteiger partial charge in [-0.2, -0.15) is 0 Å². The molecule has 6 nitrogen and oxygen atoms in total. The van der Waals surface area contributed by atoms with Crippen LogP contribution < -0.4 is 10.5 Å². The average molecular weight is 306 g/mol. The van der Waals surface area contributed by atoms with E-state index in [2.05, 4.69) is 0 Å². The highest BCUT2D eigenvalue weighted by atomic mass is 16.5. The van der Waals surface area contributed by atoms with Crippen molar-refractivity contribution in [2.45, 2.75) is 19.4 Å². The summed E-state index contributed by atoms with van der Waals surface area (Å²) in [5.41, 5.74) is 6.27. The summed E-state index contributed by atoms with van der Waals surface area (Å²) in [6.07, 6.45) is 1.28. The van der Waals surface area contributed by atoms with Gasteiger partial charge in [-0.15, -0.1) is 0 Å². The molecular weight excluding hydrogens is 284 g/mol. The van der Waals surface area contributed by atoms with Crippen LogP contribution in [0.25, 0.3) is 0 Å². The summed E-state index contributed by atoms with van der Waals surface area (Å²) < 4.78 is 10.5. The van der Waals surface area contributed by atoms with Crippen LogP contribution in [0.3, 0.4) is 0 Å². The Kier molecular flexibility index (Phi) is 5.77. The molecule has 1 heterocycles. The first-order chi connectivity index (χ1) is 10.6. The van der Waals surface area contributed by atoms with Crippen LogP contribution in [-0.4, -0.2) is 43.5 Å². The summed E-state index contributed by atoms with van der Waals surface area (Å²) in [5, 5.41) is 0. The Morgan fingerprint density at radius 3 is 2.41 bits per heavy atom. The molecule has 1 fully saturated rings. The normalized spacial score (nSPS) is 15.6. The smallest absolute Gasteiger partial charge is 0.248 e. The van der Waals surface area contributed by atoms with E-state index in [0.717, 1.165) is 11.3 Å². The topological polar surface area (TPSA) is 81.9 Å². The molecule has 2 N–H and O–H groups in total. The van der Waals surface area contributed by atoms with E-state index in [1.54, 1.807) is 12.0 Å². The Labute approximate surface area is 130 Å². The molecule has 0 bridgehead atoms. The lowest BCUT2D eigenvalue weighted by atomic mass is 9.96. The number of benzene rings is 1. The molecular formula is C16H22N2O4. The van der Waals surface area contributed by atoms with Crippen LogP contribution >= 0.6 is 0 Å². The zero-order valence-electron chi connectivity index (χ0n) is 12.8. The summed E-state index contributed by atoms with van der Waals surface area (Å²) in [6.45, 7) is 1.57. The van der Waals surface area contributed by atoms with E-state index in [1.807, 2.05) is 24.3 Å². The molecule has 0 radical (unpaired) electrons. The lowest BCUT2D eigenvalue weighted by molar-refractivity contribution is -0.139. The second-order valence-corrected chi connectivity index (χ2v) is 5.40. The molecule has 1 aliphatic heterocycles. The summed E-state index contributed by atoms with van der Waals surface area (Å²) in [4.78, 5) is 24.9. The van der Waals surface area contributed by atoms with Crippen LogP contribution in [0.15, 0.2) is 24.3 Å². The molecule has 1 aliphatic rings. The zero-order valence-corrected chi connectivity index (χ0v) is 12.8. The molecule has 1 aromatic rings. The molecule has 1 aromatic carbocycles. The number of amides is 2. The maximum absolute atomic E-state index is 12.0. The van der Waals surface area contributed by atoms with Gasteiger partial charge in [0.2, 0.25) is 11.8 Å². The molecule has 1 saturated heterocycles. The maximum atomic E-state index is 12.0. The minimum absolute atomic E-state index is 0.0450. The predicted molar refractivity (Wildman–Crippen MR) is 81.1 cm³/mol. The molecule has 22 heavy (non-hydrogen) atoms. The van der Waals surface area contributed by atoms with Crippen LogP contribution in [0.2, 0.25) is 0 Å². The van der Waals surface area contributed by atoms with Crippen molar-refractivity contribution in [1.82, 2.24) is 4.90 Å². The van der Waals surface area contributed by atoms with Gasteiger partial charge < -0.3 is 20.1 Å². The highest BCUT2D eigenvalue weighted by Gasteiger charge is 2.25. The SMILES string of the molecule is COc1ccc(COCC(=O)N2CCC(C(N)=O)CC2)cc1. The monoisotopic (exact) mass is 306 g/mol. The second kappa shape index (κ2) is 7.79. The van der Waals surface area contributed by atoms with Crippen LogP contribution in [0, 0.1) is 5.92 Å². The molecule has 0 aliphatic carbocycles. The summed E-state index contributed by atoms with van der Waals surface area (Å²) in [7, 11) is 1.62. The fraction of sp³-hybridized carbons (Fsp3) is 0.500. The number of nitrogens with two attached hydrogens (primary N) is 1. The van der Waals surface area contributed by atoms with Gasteiger partial charge in [0.15, 0.2) is 0 Å². The molecule has 0 atom stereocenters. The van der Waals surface area contributed by atoms with Gasteiger partial charge in [-0.25, -0.2) is 0 Å². The number of methoxy groups -OCH3 is 1. The first kappa shape index (κ1) is 16.3. The van der Waals surface area contributed by atoms with Gasteiger partial charge in [0, 0.05) is 19.0 Å². The van der Waals surface area contributed by atoms with Crippen LogP contribution in [0.5, 0.6) is 5.75 Å². The van der Waals surface area contributed by atoms with E-state index in [1.165, 1.54) is 0 Å². The molecule has 0 spiro atoms. The van der Waals surface area contributed by atoms with Gasteiger partial charge >= 0.3 is 0 Å². The van der Waals surface area contributed by atoms with Crippen molar-refractivity contribution in [3.63, 3.8) is 0 Å². The Balaban J connectivity index is 1.70. The number of likely N-dealkylation sites (tertiary alicyclic amines) is 1. The first-order valence-electron chi connectivity index (χ1n) is 7.38. The average Bonchev–Trinajstić information content (AvgIpc) is 2.55. The van der Waals surface area contributed by atoms with E-state index >= 15 is 0 Å². The quantitative estimate of drug-likeness (QED) is 0.848. The summed E-state index contributed by atoms with van der Waals surface area (Å²) in [5.74, 6) is 0.362. The van der Waals surface area contributed by atoms with Crippen LogP contribution in [0.4, 0.5) is 0 Å². The van der Waals surface area contributed by atoms with Gasteiger partial charge in [-0.3, -0.25) is 9.59 Å². The van der Waals surface area contributed by atoms with E-state index in [0.29, 0.717) is 32.5 Å². The van der Waals surface area contributed by atoms with Gasteiger partial charge in [0.25, 0.3) is 0 Å². The number of rotatable bonds is 6. The van der Waals surface area contributed by atoms with Gasteiger partial charge in [-0.1, -0.05) is 12.1 Å². The number of nitrogens with zero attached hydrogens (tertiary/aromatic N) is 1. The van der Waals surface area contributed by atoms with E-state index < -0.39 is 0 Å². The molecule has 0 unspecified atom stereocenters. The standard InChI is InChI=1S/C16H22N2O4/c1-21-14-4-2-12(3-5-14)10-22-11-15(19)18-8-6-13(7-9-18)16(17)20/h2-5,13H,6-11H2,1H3,(H2,17,20). The molecule has 0 aromatic heterocycles. The highest BCUT2D eigenvalue weighted by molar-refractivity contribution is 5.79. The number of carbonyl (C=O) groups excluding carboxylic acids is 2. The third-order valence-electron chi connectivity index (χ3n) is 3.90. The van der Waals surface area contributed by atoms with Crippen LogP contribution in [-0.2, 0) is 20.9 Å². The molecule has 0 saturated carbocycles. The summed E-state index contributed by atoms with van der Waals surface area (Å²) in [6, 6.07) is 7.52. The Hall–Kier alpha value is -2.08. The van der Waals surface area contributed by atoms with Crippen molar-refractivity contribution in [3.8, 4) is 5.75 Å². The van der Waals surface area contributed by atoms with Crippen molar-refractivity contribution in [3.05, 3.63) is 29.8 Å². The third kappa shape index (κ3) is 4.46. The lowest BCUT2D eigenvalue weighted by Crippen LogP contribution is -2.43. The second-order valence-electron chi connectivity index (χ2n) is 5.40. The fourth-order valence-electron chi connectivity index (χ4n) is 2.48. The van der Waals surface area contributed by atoms with Crippen molar-refractivity contribution >= 4 is 11.8 Å². The number of hydrogen-bond acceptors (Lipinski definition) is 4. The van der Waals surface area contributed by atoms with Crippen LogP contribution in [0.1, 0.15) is 18.4 Å². The Morgan fingerprint density at radius 2 is 1.86 bits per heavy atom. The Bertz CT molecular complexity index is 507. The molecule has 120 valence electrons. The van der Waals surface area contributed by atoms with Crippen molar-refractivity contribution in [2.24, 2.45) is 11.7 Å². The lowest BCUT2D eigenvalue weighted by Gasteiger charge is -2.30. The minimum atomic E-state index is -0.275. The maximum Gasteiger partial charge on any atom is 0.248 e. The number of carbonyl (C=O) groups is 2. The fourth-order valence-corrected chi connectivity index (χ4v) is 2.48. The zero-order chi connectivity index (χ0) is 15.9. The summed E-state index contributed by atoms with van der Waals surface area (Å²) >= 11 is 0. The number of piperidine rings is 1. The van der Waals surface area contributed by atoms with Crippen molar-refractivity contribution in [2.75, 3.05) is 26.8 Å². The highest BCUT2D eigenvalue weighted by Crippen LogP contribution is 2.17. The largest absolute Gasteiger partial charge is 0.497 e. The number of ether oxygens (including phenoxy) is 2. The number of hydrogen-bond donors (Lipinski definition) is 1. The van der Waals surface area contributed by atoms with E-state index in [-0.39, 0.29) is 24.3 Å². The number of primary amides is 1. The van der Waals surface area contributed by atoms with E-state index in [9.17, 15) is 9.59 Å². The molecule has 2 amide bonds. The van der Waals surface area contributed by atoms with Gasteiger partial charge in [-0.05, 0) is 30.5 Å². The van der Waals surface area contributed by atoms with E-state index in [4.69, 9.17) is 15.2 Å². The Morgan fingerprint density at radius 1 is 1.23 bits per heavy atom. The molecule has 2 rings (SSSR count). The molecule has 6 heteroatoms. The third-order valence-corrected chi connectivity index (χ3v) is 3.90. The predicted octanol–water partition coefficient (Wildman–Crippen LogP) is 0.936. The first-order valence-corrected chi connectivity index (χ1v) is 7.38. The van der Waals surface area contributed by atoms with Gasteiger partial charge in [0.1, 0.15) is 12.4 Å². The van der Waals surface area contributed by atoms with Crippen molar-refractivity contribution < 1.29 is 19.1 Å². The van der Waals surface area contributed by atoms with Gasteiger partial charge in [0.05, 0.1) is 13.7 Å².